The third-order valence-electron chi connectivity index (χ3n) is 4.35. The molecule has 0 atom stereocenters. The van der Waals surface area contributed by atoms with Gasteiger partial charge in [0, 0.05) is 35.2 Å². The number of thiophene rings is 2. The maximum absolute atomic E-state index is 13.3. The molecule has 1 aromatic carbocycles. The van der Waals surface area contributed by atoms with E-state index in [2.05, 4.69) is 0 Å². The average Bonchev–Trinajstić information content (AvgIpc) is 3.31. The van der Waals surface area contributed by atoms with E-state index >= 15 is 0 Å². The van der Waals surface area contributed by atoms with Crippen LogP contribution in [0, 0.1) is 0 Å². The molecule has 0 spiro atoms. The van der Waals surface area contributed by atoms with Crippen LogP contribution in [-0.4, -0.2) is 15.5 Å². The summed E-state index contributed by atoms with van der Waals surface area (Å²) in [6.45, 7) is 0.235. The second-order valence-corrected chi connectivity index (χ2v) is 7.98. The lowest BCUT2D eigenvalue weighted by molar-refractivity contribution is -0.118. The van der Waals surface area contributed by atoms with Crippen molar-refractivity contribution in [2.45, 2.75) is 19.4 Å². The van der Waals surface area contributed by atoms with Gasteiger partial charge >= 0.3 is 0 Å². The van der Waals surface area contributed by atoms with Crippen molar-refractivity contribution in [3.8, 4) is 10.4 Å². The van der Waals surface area contributed by atoms with Gasteiger partial charge in [0.15, 0.2) is 0 Å². The van der Waals surface area contributed by atoms with E-state index in [1.54, 1.807) is 15.9 Å². The Labute approximate surface area is 163 Å². The number of nitrogens with two attached hydrogens (primary N) is 1. The number of fused-ring (bicyclic) bond motifs is 1. The van der Waals surface area contributed by atoms with Gasteiger partial charge in [-0.05, 0) is 17.0 Å². The largest absolute Gasteiger partial charge is 0.370 e. The van der Waals surface area contributed by atoms with E-state index in [-0.39, 0.29) is 18.5 Å². The molecule has 0 aliphatic rings. The Kier molecular flexibility index (Phi) is 4.87. The molecule has 0 bridgehead atoms. The summed E-state index contributed by atoms with van der Waals surface area (Å²) in [7, 11) is 0. The van der Waals surface area contributed by atoms with Crippen LogP contribution in [0.15, 0.2) is 58.0 Å². The van der Waals surface area contributed by atoms with Crippen LogP contribution in [0.3, 0.4) is 0 Å². The first-order valence-corrected chi connectivity index (χ1v) is 10.3. The first kappa shape index (κ1) is 17.6. The van der Waals surface area contributed by atoms with Gasteiger partial charge < -0.3 is 5.73 Å². The van der Waals surface area contributed by atoms with Gasteiger partial charge in [-0.3, -0.25) is 14.2 Å². The fourth-order valence-corrected chi connectivity index (χ4v) is 4.82. The van der Waals surface area contributed by atoms with E-state index in [4.69, 9.17) is 10.7 Å². The Bertz CT molecular complexity index is 1150. The Morgan fingerprint density at radius 3 is 2.63 bits per heavy atom. The van der Waals surface area contributed by atoms with Gasteiger partial charge in [-0.2, -0.15) is 0 Å². The van der Waals surface area contributed by atoms with E-state index in [0.29, 0.717) is 17.6 Å². The molecule has 0 fully saturated rings. The molecule has 0 saturated heterocycles. The number of aromatic nitrogens is 2. The molecule has 1 amide bonds. The summed E-state index contributed by atoms with van der Waals surface area (Å²) in [4.78, 5) is 31.2. The second kappa shape index (κ2) is 7.46. The molecule has 0 aliphatic carbocycles. The predicted molar refractivity (Wildman–Crippen MR) is 110 cm³/mol. The van der Waals surface area contributed by atoms with Crippen LogP contribution in [0.2, 0.25) is 0 Å². The minimum Gasteiger partial charge on any atom is -0.370 e. The summed E-state index contributed by atoms with van der Waals surface area (Å²) in [6, 6.07) is 13.8. The Morgan fingerprint density at radius 2 is 1.93 bits per heavy atom. The van der Waals surface area contributed by atoms with Gasteiger partial charge in [-0.1, -0.05) is 36.4 Å². The summed E-state index contributed by atoms with van der Waals surface area (Å²) < 4.78 is 1.60. The number of carbonyl (C=O) groups is 1. The van der Waals surface area contributed by atoms with Crippen LogP contribution in [0.25, 0.3) is 20.7 Å². The zero-order valence-electron chi connectivity index (χ0n) is 14.4. The lowest BCUT2D eigenvalue weighted by atomic mass is 10.1. The first-order valence-electron chi connectivity index (χ1n) is 8.50. The smallest absolute Gasteiger partial charge is 0.262 e. The highest BCUT2D eigenvalue weighted by atomic mass is 32.1. The number of rotatable bonds is 6. The number of nitrogens with zero attached hydrogens (tertiary/aromatic N) is 2. The quantitative estimate of drug-likeness (QED) is 0.541. The SMILES string of the molecule is NC(=O)CCn1c(Cc2ccccc2)nc2scc(-c3cccs3)c2c1=O. The van der Waals surface area contributed by atoms with Gasteiger partial charge in [-0.25, -0.2) is 4.98 Å². The topological polar surface area (TPSA) is 78.0 Å². The molecule has 0 radical (unpaired) electrons. The number of benzene rings is 1. The highest BCUT2D eigenvalue weighted by molar-refractivity contribution is 7.18. The molecule has 2 N–H and O–H groups in total. The van der Waals surface area contributed by atoms with Crippen molar-refractivity contribution >= 4 is 38.8 Å². The Hall–Kier alpha value is -2.77. The number of hydrogen-bond acceptors (Lipinski definition) is 5. The molecule has 5 nitrogen and oxygen atoms in total. The highest BCUT2D eigenvalue weighted by Gasteiger charge is 2.18. The summed E-state index contributed by atoms with van der Waals surface area (Å²) in [5, 5.41) is 4.58. The van der Waals surface area contributed by atoms with Crippen LogP contribution in [-0.2, 0) is 17.8 Å². The number of amides is 1. The molecule has 0 saturated carbocycles. The van der Waals surface area contributed by atoms with E-state index in [9.17, 15) is 9.59 Å². The fraction of sp³-hybridized carbons (Fsp3) is 0.150. The molecule has 0 unspecified atom stereocenters. The number of hydrogen-bond donors (Lipinski definition) is 1. The highest BCUT2D eigenvalue weighted by Crippen LogP contribution is 2.33. The van der Waals surface area contributed by atoms with Gasteiger partial charge in [0.05, 0.1) is 5.39 Å². The molecule has 27 heavy (non-hydrogen) atoms. The predicted octanol–water partition coefficient (Wildman–Crippen LogP) is 3.65. The number of carbonyl (C=O) groups excluding carboxylic acids is 1. The van der Waals surface area contributed by atoms with Crippen molar-refractivity contribution in [1.29, 1.82) is 0 Å². The maximum atomic E-state index is 13.3. The van der Waals surface area contributed by atoms with Crippen molar-refractivity contribution in [3.05, 3.63) is 75.0 Å². The van der Waals surface area contributed by atoms with Crippen LogP contribution < -0.4 is 11.3 Å². The van der Waals surface area contributed by atoms with E-state index in [0.717, 1.165) is 20.8 Å². The molecule has 7 heteroatoms. The maximum Gasteiger partial charge on any atom is 0.262 e. The summed E-state index contributed by atoms with van der Waals surface area (Å²) >= 11 is 3.07. The first-order chi connectivity index (χ1) is 13.1. The standard InChI is InChI=1S/C20H17N3O2S2/c21-16(24)8-9-23-17(11-13-5-2-1-3-6-13)22-19-18(20(23)25)14(12-27-19)15-7-4-10-26-15/h1-7,10,12H,8-9,11H2,(H2,21,24). The van der Waals surface area contributed by atoms with Gasteiger partial charge in [0.2, 0.25) is 5.91 Å². The molecular weight excluding hydrogens is 378 g/mol. The number of primary amides is 1. The van der Waals surface area contributed by atoms with Crippen molar-refractivity contribution in [3.63, 3.8) is 0 Å². The van der Waals surface area contributed by atoms with Gasteiger partial charge in [0.1, 0.15) is 10.7 Å². The lowest BCUT2D eigenvalue weighted by Gasteiger charge is -2.12. The van der Waals surface area contributed by atoms with Crippen LogP contribution in [0.5, 0.6) is 0 Å². The summed E-state index contributed by atoms with van der Waals surface area (Å²) in [5.74, 6) is 0.219. The van der Waals surface area contributed by atoms with Crippen LogP contribution in [0.4, 0.5) is 0 Å². The zero-order valence-corrected chi connectivity index (χ0v) is 16.1. The summed E-state index contributed by atoms with van der Waals surface area (Å²) in [5.41, 5.74) is 7.17. The lowest BCUT2D eigenvalue weighted by Crippen LogP contribution is -2.27. The Balaban J connectivity index is 1.87. The average molecular weight is 396 g/mol. The third kappa shape index (κ3) is 3.56. The third-order valence-corrected chi connectivity index (χ3v) is 6.12. The molecule has 0 aliphatic heterocycles. The zero-order chi connectivity index (χ0) is 18.8. The molecule has 4 aromatic rings. The van der Waals surface area contributed by atoms with Crippen molar-refractivity contribution in [1.82, 2.24) is 9.55 Å². The van der Waals surface area contributed by atoms with Crippen molar-refractivity contribution < 1.29 is 4.79 Å². The van der Waals surface area contributed by atoms with E-state index < -0.39 is 5.91 Å². The molecular formula is C20H17N3O2S2. The minimum absolute atomic E-state index is 0.105. The molecule has 136 valence electrons. The fourth-order valence-electron chi connectivity index (χ4n) is 3.05. The normalized spacial score (nSPS) is 11.1. The molecule has 3 aromatic heterocycles. The van der Waals surface area contributed by atoms with Crippen molar-refractivity contribution in [2.75, 3.05) is 0 Å². The Morgan fingerprint density at radius 1 is 1.11 bits per heavy atom. The van der Waals surface area contributed by atoms with E-state index in [1.165, 1.54) is 11.3 Å². The second-order valence-electron chi connectivity index (χ2n) is 6.17. The van der Waals surface area contributed by atoms with Crippen LogP contribution >= 0.6 is 22.7 Å². The van der Waals surface area contributed by atoms with Gasteiger partial charge in [0.25, 0.3) is 5.56 Å². The minimum atomic E-state index is -0.434. The summed E-state index contributed by atoms with van der Waals surface area (Å²) in [6.07, 6.45) is 0.629. The van der Waals surface area contributed by atoms with Crippen molar-refractivity contribution in [2.24, 2.45) is 5.73 Å². The van der Waals surface area contributed by atoms with E-state index in [1.807, 2.05) is 53.2 Å². The van der Waals surface area contributed by atoms with Crippen LogP contribution in [0.1, 0.15) is 17.8 Å². The van der Waals surface area contributed by atoms with Gasteiger partial charge in [-0.15, -0.1) is 22.7 Å². The monoisotopic (exact) mass is 395 g/mol. The molecule has 3 heterocycles. The molecule has 4 rings (SSSR count).